The first-order chi connectivity index (χ1) is 6.68. The Bertz CT molecular complexity index is 267. The normalized spacial score (nSPS) is 12.4. The van der Waals surface area contributed by atoms with Gasteiger partial charge in [-0.25, -0.2) is 0 Å². The van der Waals surface area contributed by atoms with E-state index in [2.05, 4.69) is 5.43 Å². The largest absolute Gasteiger partial charge is 0.328 e. The molecule has 0 saturated carbocycles. The van der Waals surface area contributed by atoms with Crippen molar-refractivity contribution in [1.82, 2.24) is 4.68 Å². The number of rotatable bonds is 5. The van der Waals surface area contributed by atoms with Crippen LogP contribution in [0.5, 0.6) is 0 Å². The molecule has 0 fully saturated rings. The fourth-order valence-corrected chi connectivity index (χ4v) is 1.19. The molecular weight excluding hydrogens is 178 g/mol. The highest BCUT2D eigenvalue weighted by atomic mass is 16.2. The van der Waals surface area contributed by atoms with Crippen LogP contribution in [0.15, 0.2) is 24.5 Å². The van der Waals surface area contributed by atoms with Gasteiger partial charge < -0.3 is 5.73 Å². The standard InChI is InChI=1S/C10H17N3O/c1-9(11)5-4-6-10(14)12-13-7-2-3-8-13/h2-3,7-9H,4-6,11H2,1H3,(H,12,14). The predicted octanol–water partition coefficient (Wildman–Crippen LogP) is 1.08. The SMILES string of the molecule is CC(N)CCCC(=O)Nn1cccc1. The Kier molecular flexibility index (Phi) is 4.19. The molecule has 0 spiro atoms. The predicted molar refractivity (Wildman–Crippen MR) is 56.3 cm³/mol. The van der Waals surface area contributed by atoms with Gasteiger partial charge in [0.2, 0.25) is 5.91 Å². The van der Waals surface area contributed by atoms with Crippen molar-refractivity contribution < 1.29 is 4.79 Å². The molecule has 78 valence electrons. The van der Waals surface area contributed by atoms with E-state index in [1.54, 1.807) is 17.1 Å². The first kappa shape index (κ1) is 10.8. The number of aromatic nitrogens is 1. The Morgan fingerprint density at radius 1 is 1.50 bits per heavy atom. The molecule has 1 rings (SSSR count). The molecule has 0 aliphatic rings. The van der Waals surface area contributed by atoms with Gasteiger partial charge in [-0.1, -0.05) is 0 Å². The fourth-order valence-electron chi connectivity index (χ4n) is 1.19. The van der Waals surface area contributed by atoms with Crippen LogP contribution in [0.2, 0.25) is 0 Å². The Morgan fingerprint density at radius 3 is 2.71 bits per heavy atom. The van der Waals surface area contributed by atoms with Crippen LogP contribution in [-0.2, 0) is 4.79 Å². The fraction of sp³-hybridized carbons (Fsp3) is 0.500. The second kappa shape index (κ2) is 5.44. The van der Waals surface area contributed by atoms with Gasteiger partial charge in [-0.15, -0.1) is 0 Å². The topological polar surface area (TPSA) is 60.1 Å². The summed E-state index contributed by atoms with van der Waals surface area (Å²) in [5.74, 6) is 0.0295. The second-order valence-electron chi connectivity index (χ2n) is 3.49. The van der Waals surface area contributed by atoms with Crippen LogP contribution in [-0.4, -0.2) is 16.6 Å². The minimum absolute atomic E-state index is 0.0295. The molecule has 0 radical (unpaired) electrons. The zero-order chi connectivity index (χ0) is 10.4. The van der Waals surface area contributed by atoms with Crippen molar-refractivity contribution in [2.75, 3.05) is 5.43 Å². The second-order valence-corrected chi connectivity index (χ2v) is 3.49. The summed E-state index contributed by atoms with van der Waals surface area (Å²) in [5.41, 5.74) is 8.31. The van der Waals surface area contributed by atoms with Crippen LogP contribution >= 0.6 is 0 Å². The molecule has 1 unspecified atom stereocenters. The lowest BCUT2D eigenvalue weighted by molar-refractivity contribution is -0.117. The lowest BCUT2D eigenvalue weighted by Gasteiger charge is -2.06. The molecule has 4 nitrogen and oxygen atoms in total. The van der Waals surface area contributed by atoms with E-state index in [0.29, 0.717) is 6.42 Å². The highest BCUT2D eigenvalue weighted by Gasteiger charge is 2.01. The molecule has 14 heavy (non-hydrogen) atoms. The highest BCUT2D eigenvalue weighted by molar-refractivity contribution is 5.83. The lowest BCUT2D eigenvalue weighted by Crippen LogP contribution is -2.22. The van der Waals surface area contributed by atoms with Gasteiger partial charge in [0, 0.05) is 24.9 Å². The molecule has 0 saturated heterocycles. The van der Waals surface area contributed by atoms with Gasteiger partial charge >= 0.3 is 0 Å². The van der Waals surface area contributed by atoms with Gasteiger partial charge in [-0.3, -0.25) is 14.9 Å². The van der Waals surface area contributed by atoms with Gasteiger partial charge in [-0.05, 0) is 31.9 Å². The van der Waals surface area contributed by atoms with E-state index in [9.17, 15) is 4.79 Å². The van der Waals surface area contributed by atoms with Crippen LogP contribution in [0.4, 0.5) is 0 Å². The summed E-state index contributed by atoms with van der Waals surface area (Å²) in [6.07, 6.45) is 5.84. The highest BCUT2D eigenvalue weighted by Crippen LogP contribution is 1.98. The summed E-state index contributed by atoms with van der Waals surface area (Å²) in [5, 5.41) is 0. The van der Waals surface area contributed by atoms with Gasteiger partial charge in [0.05, 0.1) is 0 Å². The van der Waals surface area contributed by atoms with Crippen molar-refractivity contribution in [2.45, 2.75) is 32.2 Å². The minimum Gasteiger partial charge on any atom is -0.328 e. The van der Waals surface area contributed by atoms with E-state index in [0.717, 1.165) is 12.8 Å². The number of nitrogens with two attached hydrogens (primary N) is 1. The molecule has 4 heteroatoms. The van der Waals surface area contributed by atoms with E-state index in [1.165, 1.54) is 0 Å². The minimum atomic E-state index is 0.0295. The quantitative estimate of drug-likeness (QED) is 0.738. The number of carbonyl (C=O) groups is 1. The number of carbonyl (C=O) groups excluding carboxylic acids is 1. The molecule has 0 aliphatic heterocycles. The third kappa shape index (κ3) is 4.09. The van der Waals surface area contributed by atoms with Crippen LogP contribution in [0, 0.1) is 0 Å². The molecule has 0 aliphatic carbocycles. The molecule has 1 aromatic rings. The number of amides is 1. The van der Waals surface area contributed by atoms with Crippen LogP contribution in [0.3, 0.4) is 0 Å². The van der Waals surface area contributed by atoms with Gasteiger partial charge in [0.25, 0.3) is 0 Å². The Morgan fingerprint density at radius 2 is 2.14 bits per heavy atom. The molecule has 0 aromatic carbocycles. The summed E-state index contributed by atoms with van der Waals surface area (Å²) in [6, 6.07) is 3.90. The summed E-state index contributed by atoms with van der Waals surface area (Å²) < 4.78 is 1.65. The molecule has 1 amide bonds. The van der Waals surface area contributed by atoms with Crippen LogP contribution in [0.1, 0.15) is 26.2 Å². The van der Waals surface area contributed by atoms with E-state index in [4.69, 9.17) is 5.73 Å². The summed E-state index contributed by atoms with van der Waals surface area (Å²) in [7, 11) is 0. The third-order valence-electron chi connectivity index (χ3n) is 1.92. The zero-order valence-electron chi connectivity index (χ0n) is 8.44. The Labute approximate surface area is 84.1 Å². The molecule has 1 atom stereocenters. The number of hydrogen-bond donors (Lipinski definition) is 2. The number of nitrogens with zero attached hydrogens (tertiary/aromatic N) is 1. The number of hydrogen-bond acceptors (Lipinski definition) is 2. The summed E-state index contributed by atoms with van der Waals surface area (Å²) in [4.78, 5) is 11.3. The maximum atomic E-state index is 11.3. The maximum Gasteiger partial charge on any atom is 0.238 e. The van der Waals surface area contributed by atoms with Crippen molar-refractivity contribution in [2.24, 2.45) is 5.73 Å². The van der Waals surface area contributed by atoms with Crippen LogP contribution in [0.25, 0.3) is 0 Å². The smallest absolute Gasteiger partial charge is 0.238 e. The van der Waals surface area contributed by atoms with E-state index >= 15 is 0 Å². The van der Waals surface area contributed by atoms with Crippen molar-refractivity contribution in [3.63, 3.8) is 0 Å². The van der Waals surface area contributed by atoms with E-state index in [-0.39, 0.29) is 11.9 Å². The number of nitrogens with one attached hydrogen (secondary N) is 1. The third-order valence-corrected chi connectivity index (χ3v) is 1.92. The van der Waals surface area contributed by atoms with Gasteiger partial charge in [0.15, 0.2) is 0 Å². The van der Waals surface area contributed by atoms with Gasteiger partial charge in [0.1, 0.15) is 0 Å². The van der Waals surface area contributed by atoms with Gasteiger partial charge in [-0.2, -0.15) is 0 Å². The molecule has 1 aromatic heterocycles. The van der Waals surface area contributed by atoms with Crippen molar-refractivity contribution in [3.8, 4) is 0 Å². The van der Waals surface area contributed by atoms with Crippen LogP contribution < -0.4 is 11.2 Å². The summed E-state index contributed by atoms with van der Waals surface area (Å²) >= 11 is 0. The first-order valence-corrected chi connectivity index (χ1v) is 4.87. The van der Waals surface area contributed by atoms with Crippen molar-refractivity contribution >= 4 is 5.91 Å². The molecule has 0 bridgehead atoms. The van der Waals surface area contributed by atoms with Crippen molar-refractivity contribution in [3.05, 3.63) is 24.5 Å². The Hall–Kier alpha value is -1.29. The average molecular weight is 195 g/mol. The molecule has 3 N–H and O–H groups in total. The first-order valence-electron chi connectivity index (χ1n) is 4.87. The molecular formula is C10H17N3O. The van der Waals surface area contributed by atoms with E-state index < -0.39 is 0 Å². The van der Waals surface area contributed by atoms with E-state index in [1.807, 2.05) is 19.1 Å². The Balaban J connectivity index is 2.17. The lowest BCUT2D eigenvalue weighted by atomic mass is 10.1. The summed E-state index contributed by atoms with van der Waals surface area (Å²) in [6.45, 7) is 1.95. The average Bonchev–Trinajstić information content (AvgIpc) is 2.56. The van der Waals surface area contributed by atoms with Crippen molar-refractivity contribution in [1.29, 1.82) is 0 Å². The molecule has 1 heterocycles. The monoisotopic (exact) mass is 195 g/mol. The zero-order valence-corrected chi connectivity index (χ0v) is 8.44. The maximum absolute atomic E-state index is 11.3.